The maximum atomic E-state index is 12.7. The van der Waals surface area contributed by atoms with Crippen molar-refractivity contribution in [1.82, 2.24) is 4.57 Å². The maximum absolute atomic E-state index is 12.7. The van der Waals surface area contributed by atoms with Crippen LogP contribution in [0.3, 0.4) is 0 Å². The first-order valence-electron chi connectivity index (χ1n) is 7.74. The summed E-state index contributed by atoms with van der Waals surface area (Å²) in [5, 5.41) is 1.04. The molecule has 3 aromatic rings. The van der Waals surface area contributed by atoms with Crippen LogP contribution in [0.4, 0.5) is 0 Å². The van der Waals surface area contributed by atoms with Gasteiger partial charge in [0.05, 0.1) is 34.5 Å². The van der Waals surface area contributed by atoms with Gasteiger partial charge in [-0.1, -0.05) is 46.7 Å². The summed E-state index contributed by atoms with van der Waals surface area (Å²) >= 11 is 13.8. The lowest BCUT2D eigenvalue weighted by Crippen LogP contribution is -2.19. The van der Waals surface area contributed by atoms with Crippen molar-refractivity contribution in [3.63, 3.8) is 0 Å². The number of benzene rings is 2. The molecule has 0 N–H and O–H groups in total. The van der Waals surface area contributed by atoms with Crippen LogP contribution in [0.25, 0.3) is 10.2 Å². The average molecular weight is 411 g/mol. The van der Waals surface area contributed by atoms with Gasteiger partial charge >= 0.3 is 0 Å². The van der Waals surface area contributed by atoms with E-state index < -0.39 is 0 Å². The van der Waals surface area contributed by atoms with E-state index in [-0.39, 0.29) is 5.91 Å². The van der Waals surface area contributed by atoms with Crippen molar-refractivity contribution in [3.05, 3.63) is 56.8 Å². The van der Waals surface area contributed by atoms with Crippen LogP contribution in [0.1, 0.15) is 10.4 Å². The van der Waals surface area contributed by atoms with Crippen molar-refractivity contribution in [3.8, 4) is 5.75 Å². The third-order valence-electron chi connectivity index (χ3n) is 3.75. The number of ether oxygens (including phenoxy) is 2. The van der Waals surface area contributed by atoms with Gasteiger partial charge in [0.25, 0.3) is 5.91 Å². The first-order valence-corrected chi connectivity index (χ1v) is 9.31. The number of hydrogen-bond donors (Lipinski definition) is 0. The van der Waals surface area contributed by atoms with Crippen LogP contribution in [0.5, 0.6) is 5.75 Å². The van der Waals surface area contributed by atoms with Crippen molar-refractivity contribution in [1.29, 1.82) is 0 Å². The van der Waals surface area contributed by atoms with Gasteiger partial charge in [0.2, 0.25) is 0 Å². The molecule has 136 valence electrons. The summed E-state index contributed by atoms with van der Waals surface area (Å²) in [6, 6.07) is 10.5. The van der Waals surface area contributed by atoms with Gasteiger partial charge in [0, 0.05) is 18.7 Å². The number of aromatic nitrogens is 1. The minimum atomic E-state index is -0.387. The van der Waals surface area contributed by atoms with E-state index in [1.54, 1.807) is 37.4 Å². The monoisotopic (exact) mass is 410 g/mol. The lowest BCUT2D eigenvalue weighted by Gasteiger charge is -2.06. The highest BCUT2D eigenvalue weighted by molar-refractivity contribution is 7.16. The van der Waals surface area contributed by atoms with Gasteiger partial charge in [0.15, 0.2) is 4.80 Å². The Labute approximate surface area is 164 Å². The molecule has 3 rings (SSSR count). The number of methoxy groups -OCH3 is 2. The predicted molar refractivity (Wildman–Crippen MR) is 105 cm³/mol. The first kappa shape index (κ1) is 18.9. The second-order valence-corrected chi connectivity index (χ2v) is 7.23. The summed E-state index contributed by atoms with van der Waals surface area (Å²) in [4.78, 5) is 17.5. The van der Waals surface area contributed by atoms with Crippen molar-refractivity contribution in [2.24, 2.45) is 4.99 Å². The molecule has 1 heterocycles. The second kappa shape index (κ2) is 8.22. The molecule has 0 atom stereocenters. The third-order valence-corrected chi connectivity index (χ3v) is 5.28. The number of para-hydroxylation sites is 1. The summed E-state index contributed by atoms with van der Waals surface area (Å²) < 4.78 is 13.1. The first-order chi connectivity index (χ1) is 12.5. The number of carbonyl (C=O) groups is 1. The summed E-state index contributed by atoms with van der Waals surface area (Å²) in [6.45, 7) is 0.969. The summed E-state index contributed by atoms with van der Waals surface area (Å²) in [7, 11) is 3.14. The Morgan fingerprint density at radius 1 is 1.23 bits per heavy atom. The number of hydrogen-bond acceptors (Lipinski definition) is 4. The van der Waals surface area contributed by atoms with E-state index in [2.05, 4.69) is 4.99 Å². The predicted octanol–water partition coefficient (Wildman–Crippen LogP) is 4.41. The van der Waals surface area contributed by atoms with Crippen LogP contribution < -0.4 is 9.54 Å². The summed E-state index contributed by atoms with van der Waals surface area (Å²) in [5.41, 5.74) is 1.18. The Kier molecular flexibility index (Phi) is 5.98. The molecule has 0 saturated heterocycles. The molecule has 0 aliphatic heterocycles. The Morgan fingerprint density at radius 3 is 2.73 bits per heavy atom. The lowest BCUT2D eigenvalue weighted by molar-refractivity contribution is 0.0994. The highest BCUT2D eigenvalue weighted by Gasteiger charge is 2.15. The molecule has 26 heavy (non-hydrogen) atoms. The Balaban J connectivity index is 2.18. The fourth-order valence-corrected chi connectivity index (χ4v) is 4.41. The van der Waals surface area contributed by atoms with Gasteiger partial charge in [-0.05, 0) is 24.3 Å². The molecule has 1 aromatic heterocycles. The minimum absolute atomic E-state index is 0.387. The zero-order chi connectivity index (χ0) is 18.7. The smallest absolute Gasteiger partial charge is 0.283 e. The number of carbonyl (C=O) groups excluding carboxylic acids is 1. The maximum Gasteiger partial charge on any atom is 0.283 e. The van der Waals surface area contributed by atoms with E-state index in [1.807, 2.05) is 10.6 Å². The third kappa shape index (κ3) is 3.78. The van der Waals surface area contributed by atoms with Gasteiger partial charge < -0.3 is 14.0 Å². The molecule has 0 aliphatic rings. The van der Waals surface area contributed by atoms with Gasteiger partial charge in [-0.2, -0.15) is 4.99 Å². The standard InChI is InChI=1S/C18H16Cl2N2O3S/c1-24-8-7-22-16-13(20)9-11(19)10-15(16)26-18(22)21-17(23)12-5-3-4-6-14(12)25-2/h3-6,9-10H,7-8H2,1-2H3. The molecule has 2 aromatic carbocycles. The average Bonchev–Trinajstić information content (AvgIpc) is 2.96. The lowest BCUT2D eigenvalue weighted by atomic mass is 10.2. The number of fused-ring (bicyclic) bond motifs is 1. The van der Waals surface area contributed by atoms with E-state index in [1.165, 1.54) is 18.4 Å². The van der Waals surface area contributed by atoms with Gasteiger partial charge in [-0.15, -0.1) is 0 Å². The van der Waals surface area contributed by atoms with Crippen LogP contribution in [-0.2, 0) is 11.3 Å². The fraction of sp³-hybridized carbons (Fsp3) is 0.222. The topological polar surface area (TPSA) is 52.8 Å². The number of halogens is 2. The van der Waals surface area contributed by atoms with Crippen molar-refractivity contribution >= 4 is 50.7 Å². The van der Waals surface area contributed by atoms with E-state index in [4.69, 9.17) is 32.7 Å². The minimum Gasteiger partial charge on any atom is -0.496 e. The van der Waals surface area contributed by atoms with Gasteiger partial charge in [-0.3, -0.25) is 4.79 Å². The van der Waals surface area contributed by atoms with Crippen LogP contribution >= 0.6 is 34.5 Å². The van der Waals surface area contributed by atoms with Crippen molar-refractivity contribution in [2.45, 2.75) is 6.54 Å². The van der Waals surface area contributed by atoms with E-state index >= 15 is 0 Å². The zero-order valence-corrected chi connectivity index (χ0v) is 16.5. The molecule has 8 heteroatoms. The fourth-order valence-electron chi connectivity index (χ4n) is 2.57. The Morgan fingerprint density at radius 2 is 2.00 bits per heavy atom. The number of rotatable bonds is 5. The van der Waals surface area contributed by atoms with E-state index in [9.17, 15) is 4.79 Å². The summed E-state index contributed by atoms with van der Waals surface area (Å²) in [6.07, 6.45) is 0. The number of amides is 1. The molecule has 0 fully saturated rings. The Hall–Kier alpha value is -1.86. The highest BCUT2D eigenvalue weighted by atomic mass is 35.5. The Bertz CT molecular complexity index is 1030. The van der Waals surface area contributed by atoms with E-state index in [0.717, 1.165) is 10.2 Å². The number of nitrogens with zero attached hydrogens (tertiary/aromatic N) is 2. The van der Waals surface area contributed by atoms with Gasteiger partial charge in [0.1, 0.15) is 5.75 Å². The molecule has 0 unspecified atom stereocenters. The highest BCUT2D eigenvalue weighted by Crippen LogP contribution is 2.29. The molecular formula is C18H16Cl2N2O3S. The molecule has 1 amide bonds. The van der Waals surface area contributed by atoms with Crippen molar-refractivity contribution in [2.75, 3.05) is 20.8 Å². The molecular weight excluding hydrogens is 395 g/mol. The molecule has 5 nitrogen and oxygen atoms in total. The van der Waals surface area contributed by atoms with Gasteiger partial charge in [-0.25, -0.2) is 0 Å². The van der Waals surface area contributed by atoms with Crippen LogP contribution in [0.15, 0.2) is 41.4 Å². The normalized spacial score (nSPS) is 11.9. The number of thiazole rings is 1. The molecule has 0 spiro atoms. The second-order valence-electron chi connectivity index (χ2n) is 5.38. The quantitative estimate of drug-likeness (QED) is 0.625. The van der Waals surface area contributed by atoms with Crippen molar-refractivity contribution < 1.29 is 14.3 Å². The molecule has 0 bridgehead atoms. The SMILES string of the molecule is COCCn1c(=NC(=O)c2ccccc2OC)sc2cc(Cl)cc(Cl)c21. The van der Waals surface area contributed by atoms with Crippen LogP contribution in [0.2, 0.25) is 10.0 Å². The van der Waals surface area contributed by atoms with Crippen LogP contribution in [-0.4, -0.2) is 31.3 Å². The summed E-state index contributed by atoms with van der Waals surface area (Å²) in [5.74, 6) is 0.0919. The molecule has 0 aliphatic carbocycles. The largest absolute Gasteiger partial charge is 0.496 e. The molecule has 0 radical (unpaired) electrons. The van der Waals surface area contributed by atoms with E-state index in [0.29, 0.717) is 39.3 Å². The zero-order valence-electron chi connectivity index (χ0n) is 14.2. The van der Waals surface area contributed by atoms with Crippen LogP contribution in [0, 0.1) is 0 Å². The molecule has 0 saturated carbocycles.